The van der Waals surface area contributed by atoms with Gasteiger partial charge in [0.1, 0.15) is 11.5 Å². The molecule has 0 aromatic carbocycles. The third-order valence-corrected chi connectivity index (χ3v) is 5.73. The molecule has 4 aromatic rings. The fraction of sp³-hybridized carbons (Fsp3) is 0.115. The van der Waals surface area contributed by atoms with Gasteiger partial charge in [-0.15, -0.1) is 11.3 Å². The predicted octanol–water partition coefficient (Wildman–Crippen LogP) is 4.69. The Hall–Kier alpha value is -4.35. The number of pyridine rings is 3. The molecule has 0 aliphatic rings. The fourth-order valence-corrected chi connectivity index (χ4v) is 4.14. The van der Waals surface area contributed by atoms with Gasteiger partial charge in [-0.25, -0.2) is 4.98 Å². The summed E-state index contributed by atoms with van der Waals surface area (Å²) in [6.45, 7) is 2.83. The summed E-state index contributed by atoms with van der Waals surface area (Å²) in [6, 6.07) is 14.1. The minimum Gasteiger partial charge on any atom is -0.429 e. The van der Waals surface area contributed by atoms with Gasteiger partial charge >= 0.3 is 0 Å². The monoisotopic (exact) mass is 469 g/mol. The van der Waals surface area contributed by atoms with E-state index in [1.165, 1.54) is 11.1 Å². The molecular formula is C26H19N3O4S. The standard InChI is InChI=1S/C26H19N3O4S/c1-2-3-21-6-7-22(34-21)5-4-18-8-10-27-23(12-18)25-14-20(33-17-31)15-26(29-25)24-13-19(32-16-30)9-11-28-24/h6-17H,2-3H2,1H3. The van der Waals surface area contributed by atoms with E-state index in [1.807, 2.05) is 18.2 Å². The number of aromatic nitrogens is 3. The van der Waals surface area contributed by atoms with Gasteiger partial charge in [0.25, 0.3) is 12.9 Å². The molecule has 0 unspecified atom stereocenters. The molecule has 0 bridgehead atoms. The summed E-state index contributed by atoms with van der Waals surface area (Å²) in [7, 11) is 0. The predicted molar refractivity (Wildman–Crippen MR) is 128 cm³/mol. The van der Waals surface area contributed by atoms with Crippen molar-refractivity contribution in [2.45, 2.75) is 19.8 Å². The van der Waals surface area contributed by atoms with E-state index in [9.17, 15) is 9.59 Å². The van der Waals surface area contributed by atoms with Gasteiger partial charge < -0.3 is 9.47 Å². The molecular weight excluding hydrogens is 450 g/mol. The van der Waals surface area contributed by atoms with Crippen LogP contribution in [-0.2, 0) is 16.0 Å². The van der Waals surface area contributed by atoms with Gasteiger partial charge in [0.05, 0.1) is 27.7 Å². The molecule has 8 heteroatoms. The molecule has 0 saturated carbocycles. The Labute approximate surface area is 200 Å². The Morgan fingerprint density at radius 1 is 0.824 bits per heavy atom. The molecule has 4 aromatic heterocycles. The maximum atomic E-state index is 11.0. The molecule has 34 heavy (non-hydrogen) atoms. The van der Waals surface area contributed by atoms with Crippen LogP contribution in [0.3, 0.4) is 0 Å². The number of aryl methyl sites for hydroxylation is 1. The van der Waals surface area contributed by atoms with Gasteiger partial charge in [-0.3, -0.25) is 19.6 Å². The van der Waals surface area contributed by atoms with Gasteiger partial charge in [-0.1, -0.05) is 25.2 Å². The van der Waals surface area contributed by atoms with Crippen LogP contribution in [0.5, 0.6) is 11.5 Å². The normalized spacial score (nSPS) is 10.1. The van der Waals surface area contributed by atoms with Crippen molar-refractivity contribution in [3.05, 3.63) is 76.2 Å². The maximum absolute atomic E-state index is 11.0. The van der Waals surface area contributed by atoms with Gasteiger partial charge in [-0.05, 0) is 36.8 Å². The Morgan fingerprint density at radius 2 is 1.50 bits per heavy atom. The number of ether oxygens (including phenoxy) is 2. The number of nitrogens with zero attached hydrogens (tertiary/aromatic N) is 3. The highest BCUT2D eigenvalue weighted by Crippen LogP contribution is 2.28. The second-order valence-electron chi connectivity index (χ2n) is 7.07. The Balaban J connectivity index is 1.69. The van der Waals surface area contributed by atoms with E-state index in [2.05, 4.69) is 39.8 Å². The summed E-state index contributed by atoms with van der Waals surface area (Å²) >= 11 is 1.70. The first-order chi connectivity index (χ1) is 16.7. The van der Waals surface area contributed by atoms with Crippen molar-refractivity contribution >= 4 is 24.3 Å². The van der Waals surface area contributed by atoms with E-state index in [0.717, 1.165) is 23.3 Å². The second-order valence-corrected chi connectivity index (χ2v) is 8.24. The first-order valence-corrected chi connectivity index (χ1v) is 11.3. The quantitative estimate of drug-likeness (QED) is 0.273. The highest BCUT2D eigenvalue weighted by Gasteiger charge is 2.11. The van der Waals surface area contributed by atoms with Crippen LogP contribution in [0.4, 0.5) is 0 Å². The zero-order chi connectivity index (χ0) is 23.8. The first kappa shape index (κ1) is 22.8. The summed E-state index contributed by atoms with van der Waals surface area (Å²) in [5, 5.41) is 0. The van der Waals surface area contributed by atoms with Crippen molar-refractivity contribution in [3.8, 4) is 46.1 Å². The molecule has 0 amide bonds. The van der Waals surface area contributed by atoms with Gasteiger partial charge in [0, 0.05) is 41.0 Å². The molecule has 168 valence electrons. The molecule has 0 aliphatic heterocycles. The Bertz CT molecular complexity index is 1390. The zero-order valence-corrected chi connectivity index (χ0v) is 19.0. The number of carbonyl (C=O) groups excluding carboxylic acids is 2. The van der Waals surface area contributed by atoms with Crippen LogP contribution < -0.4 is 9.47 Å². The minimum atomic E-state index is 0.277. The number of hydrogen-bond acceptors (Lipinski definition) is 8. The van der Waals surface area contributed by atoms with E-state index in [1.54, 1.807) is 41.8 Å². The van der Waals surface area contributed by atoms with Crippen molar-refractivity contribution in [2.24, 2.45) is 0 Å². The summed E-state index contributed by atoms with van der Waals surface area (Å²) in [5.74, 6) is 6.97. The van der Waals surface area contributed by atoms with Crippen LogP contribution in [0, 0.1) is 11.8 Å². The zero-order valence-electron chi connectivity index (χ0n) is 18.2. The molecule has 0 spiro atoms. The lowest BCUT2D eigenvalue weighted by molar-refractivity contribution is -0.121. The van der Waals surface area contributed by atoms with Crippen molar-refractivity contribution in [2.75, 3.05) is 0 Å². The molecule has 4 rings (SSSR count). The SMILES string of the molecule is CCCc1ccc(C#Cc2ccnc(-c3cc(OC=O)cc(-c4cc(OC=O)ccn4)n3)c2)s1. The molecule has 7 nitrogen and oxygen atoms in total. The van der Waals surface area contributed by atoms with E-state index in [-0.39, 0.29) is 5.75 Å². The first-order valence-electron chi connectivity index (χ1n) is 10.4. The average molecular weight is 470 g/mol. The summed E-state index contributed by atoms with van der Waals surface area (Å²) in [5.41, 5.74) is 2.67. The number of hydrogen-bond donors (Lipinski definition) is 0. The highest BCUT2D eigenvalue weighted by atomic mass is 32.1. The lowest BCUT2D eigenvalue weighted by Crippen LogP contribution is -1.97. The van der Waals surface area contributed by atoms with Crippen LogP contribution in [-0.4, -0.2) is 27.9 Å². The summed E-state index contributed by atoms with van der Waals surface area (Å²) in [4.78, 5) is 37.3. The van der Waals surface area contributed by atoms with Crippen molar-refractivity contribution in [1.29, 1.82) is 0 Å². The van der Waals surface area contributed by atoms with Crippen molar-refractivity contribution in [3.63, 3.8) is 0 Å². The second kappa shape index (κ2) is 11.0. The smallest absolute Gasteiger partial charge is 0.298 e. The molecule has 0 N–H and O–H groups in total. The Morgan fingerprint density at radius 3 is 2.24 bits per heavy atom. The van der Waals surface area contributed by atoms with Crippen LogP contribution in [0.25, 0.3) is 22.8 Å². The van der Waals surface area contributed by atoms with Crippen LogP contribution in [0.15, 0.2) is 60.9 Å². The van der Waals surface area contributed by atoms with Gasteiger partial charge in [0.15, 0.2) is 0 Å². The van der Waals surface area contributed by atoms with Gasteiger partial charge in [0.2, 0.25) is 0 Å². The highest BCUT2D eigenvalue weighted by molar-refractivity contribution is 7.12. The summed E-state index contributed by atoms with van der Waals surface area (Å²) < 4.78 is 9.97. The maximum Gasteiger partial charge on any atom is 0.298 e. The topological polar surface area (TPSA) is 91.3 Å². The van der Waals surface area contributed by atoms with Crippen molar-refractivity contribution < 1.29 is 19.1 Å². The number of thiophene rings is 1. The van der Waals surface area contributed by atoms with Crippen LogP contribution in [0.1, 0.15) is 28.7 Å². The van der Waals surface area contributed by atoms with E-state index >= 15 is 0 Å². The number of carbonyl (C=O) groups is 2. The van der Waals surface area contributed by atoms with Gasteiger partial charge in [-0.2, -0.15) is 0 Å². The average Bonchev–Trinajstić information content (AvgIpc) is 3.31. The van der Waals surface area contributed by atoms with Crippen LogP contribution >= 0.6 is 11.3 Å². The number of rotatable bonds is 8. The van der Waals surface area contributed by atoms with Crippen molar-refractivity contribution in [1.82, 2.24) is 15.0 Å². The van der Waals surface area contributed by atoms with E-state index in [4.69, 9.17) is 9.47 Å². The molecule has 0 aliphatic carbocycles. The molecule has 0 atom stereocenters. The van der Waals surface area contributed by atoms with E-state index in [0.29, 0.717) is 41.5 Å². The lowest BCUT2D eigenvalue weighted by atomic mass is 10.1. The largest absolute Gasteiger partial charge is 0.429 e. The van der Waals surface area contributed by atoms with E-state index < -0.39 is 0 Å². The molecule has 0 saturated heterocycles. The Kier molecular flexibility index (Phi) is 7.38. The third-order valence-electron chi connectivity index (χ3n) is 4.67. The minimum absolute atomic E-state index is 0.277. The molecule has 4 heterocycles. The summed E-state index contributed by atoms with van der Waals surface area (Å²) in [6.07, 6.45) is 5.31. The van der Waals surface area contributed by atoms with Crippen LogP contribution in [0.2, 0.25) is 0 Å². The lowest BCUT2D eigenvalue weighted by Gasteiger charge is -2.08. The molecule has 0 fully saturated rings. The molecule has 0 radical (unpaired) electrons. The fourth-order valence-electron chi connectivity index (χ4n) is 3.18. The third kappa shape index (κ3) is 5.71.